The second-order valence-electron chi connectivity index (χ2n) is 4.81. The molecule has 0 saturated heterocycles. The Hall–Kier alpha value is -1.77. The van der Waals surface area contributed by atoms with E-state index < -0.39 is 7.28 Å². The van der Waals surface area contributed by atoms with Gasteiger partial charge in [0.1, 0.15) is 0 Å². The first-order valence-corrected chi connectivity index (χ1v) is 8.37. The second kappa shape index (κ2) is 4.37. The summed E-state index contributed by atoms with van der Waals surface area (Å²) < 4.78 is 0. The fourth-order valence-corrected chi connectivity index (χ4v) is 4.42. The Morgan fingerprint density at radius 1 is 0.600 bits per heavy atom. The van der Waals surface area contributed by atoms with E-state index in [0.29, 0.717) is 5.39 Å². The molecule has 0 aromatic heterocycles. The molecule has 3 aromatic rings. The molecule has 4 heteroatoms. The van der Waals surface area contributed by atoms with E-state index in [1.807, 2.05) is 24.3 Å². The Kier molecular flexibility index (Phi) is 2.89. The Morgan fingerprint density at radius 3 is 1.95 bits per heavy atom. The van der Waals surface area contributed by atoms with Crippen molar-refractivity contribution in [3.05, 3.63) is 72.8 Å². The zero-order valence-electron chi connectivity index (χ0n) is 10.7. The van der Waals surface area contributed by atoms with Gasteiger partial charge in [-0.2, -0.15) is 0 Å². The van der Waals surface area contributed by atoms with Crippen molar-refractivity contribution in [2.45, 2.75) is 0 Å². The van der Waals surface area contributed by atoms with Crippen LogP contribution < -0.4 is 10.6 Å². The third-order valence-electron chi connectivity index (χ3n) is 3.44. The van der Waals surface area contributed by atoms with Crippen LogP contribution in [0.1, 0.15) is 0 Å². The van der Waals surface area contributed by atoms with Crippen molar-refractivity contribution in [3.63, 3.8) is 0 Å². The van der Waals surface area contributed by atoms with Crippen LogP contribution in [0.2, 0.25) is 0 Å². The summed E-state index contributed by atoms with van der Waals surface area (Å²) in [6.45, 7) is 0. The molecule has 0 aliphatic heterocycles. The molecule has 3 nitrogen and oxygen atoms in total. The fraction of sp³-hybridized carbons (Fsp3) is 0. The van der Waals surface area contributed by atoms with Crippen LogP contribution in [-0.2, 0) is 0 Å². The van der Waals surface area contributed by atoms with Crippen LogP contribution in [0.15, 0.2) is 72.8 Å². The summed E-state index contributed by atoms with van der Waals surface area (Å²) in [6.07, 6.45) is 0. The van der Waals surface area contributed by atoms with Crippen LogP contribution in [0.3, 0.4) is 0 Å². The minimum absolute atomic E-state index is 0.134. The van der Waals surface area contributed by atoms with Crippen LogP contribution in [0, 0.1) is 0 Å². The number of hydrogen-bond acceptors (Lipinski definition) is 3. The van der Waals surface area contributed by atoms with Crippen molar-refractivity contribution in [2.75, 3.05) is 0 Å². The van der Waals surface area contributed by atoms with E-state index in [9.17, 15) is 14.7 Å². The maximum atomic E-state index is 10.7. The first-order valence-electron chi connectivity index (χ1n) is 6.28. The van der Waals surface area contributed by atoms with Gasteiger partial charge in [0.25, 0.3) is 0 Å². The molecule has 0 spiro atoms. The Bertz CT molecular complexity index is 755. The fourth-order valence-electron chi connectivity index (χ4n) is 2.41. The summed E-state index contributed by atoms with van der Waals surface area (Å²) in [6, 6.07) is 20.6. The Balaban J connectivity index is 2.34. The molecule has 0 fully saturated rings. The van der Waals surface area contributed by atoms with E-state index in [1.54, 1.807) is 36.4 Å². The van der Waals surface area contributed by atoms with Gasteiger partial charge in [0.15, 0.2) is 0 Å². The number of benzene rings is 3. The van der Waals surface area contributed by atoms with Gasteiger partial charge >= 0.3 is 116 Å². The van der Waals surface area contributed by atoms with Crippen molar-refractivity contribution in [1.29, 1.82) is 0 Å². The third kappa shape index (κ3) is 2.01. The van der Waals surface area contributed by atoms with Crippen molar-refractivity contribution in [3.8, 4) is 0 Å². The van der Waals surface area contributed by atoms with E-state index in [1.165, 1.54) is 12.1 Å². The van der Waals surface area contributed by atoms with E-state index in [4.69, 9.17) is 0 Å². The summed E-state index contributed by atoms with van der Waals surface area (Å²) in [5.74, 6) is 0. The Morgan fingerprint density at radius 2 is 1.20 bits per heavy atom. The van der Waals surface area contributed by atoms with Gasteiger partial charge in [0, 0.05) is 0 Å². The predicted octanol–water partition coefficient (Wildman–Crippen LogP) is 2.07. The SMILES string of the molecule is OP(O)(O)(c1ccccc1)c1cccc2ccccc12. The molecule has 3 N–H and O–H groups in total. The molecular weight excluding hydrogens is 271 g/mol. The normalized spacial score (nSPS) is 13.8. The molecule has 0 amide bonds. The van der Waals surface area contributed by atoms with Gasteiger partial charge in [0.05, 0.1) is 0 Å². The molecule has 0 aliphatic rings. The molecule has 0 heterocycles. The van der Waals surface area contributed by atoms with Gasteiger partial charge in [-0.1, -0.05) is 0 Å². The predicted molar refractivity (Wildman–Crippen MR) is 83.2 cm³/mol. The molecular formula is C16H15O3P. The topological polar surface area (TPSA) is 60.7 Å². The van der Waals surface area contributed by atoms with Crippen LogP contribution in [0.4, 0.5) is 0 Å². The average Bonchev–Trinajstić information content (AvgIpc) is 2.47. The molecule has 3 rings (SSSR count). The molecule has 20 heavy (non-hydrogen) atoms. The average molecular weight is 286 g/mol. The van der Waals surface area contributed by atoms with E-state index in [2.05, 4.69) is 0 Å². The van der Waals surface area contributed by atoms with E-state index >= 15 is 0 Å². The molecule has 0 aliphatic carbocycles. The van der Waals surface area contributed by atoms with Crippen molar-refractivity contribution in [1.82, 2.24) is 0 Å². The van der Waals surface area contributed by atoms with Crippen molar-refractivity contribution >= 4 is 28.7 Å². The van der Waals surface area contributed by atoms with Gasteiger partial charge in [0.2, 0.25) is 0 Å². The second-order valence-corrected chi connectivity index (χ2v) is 7.77. The van der Waals surface area contributed by atoms with E-state index in [-0.39, 0.29) is 10.6 Å². The van der Waals surface area contributed by atoms with Crippen LogP contribution >= 0.6 is 7.28 Å². The van der Waals surface area contributed by atoms with Crippen molar-refractivity contribution < 1.29 is 14.7 Å². The van der Waals surface area contributed by atoms with Gasteiger partial charge in [-0.15, -0.1) is 0 Å². The first kappa shape index (κ1) is 13.2. The molecule has 0 unspecified atom stereocenters. The monoisotopic (exact) mass is 286 g/mol. The zero-order valence-corrected chi connectivity index (χ0v) is 11.6. The summed E-state index contributed by atoms with van der Waals surface area (Å²) in [5, 5.41) is 1.80. The molecule has 0 saturated carbocycles. The van der Waals surface area contributed by atoms with Gasteiger partial charge in [-0.05, 0) is 0 Å². The third-order valence-corrected chi connectivity index (χ3v) is 5.97. The number of hydrogen-bond donors (Lipinski definition) is 3. The molecule has 0 bridgehead atoms. The standard InChI is InChI=1S/C16H15O3P/c17-20(18,19,14-9-2-1-3-10-14)16-12-6-8-13-7-4-5-11-15(13)16/h1-12,17-19H. The summed E-state index contributed by atoms with van der Waals surface area (Å²) >= 11 is 0. The molecule has 0 radical (unpaired) electrons. The van der Waals surface area contributed by atoms with E-state index in [0.717, 1.165) is 5.39 Å². The maximum absolute atomic E-state index is 10.7. The van der Waals surface area contributed by atoms with Crippen molar-refractivity contribution in [2.24, 2.45) is 0 Å². The molecule has 3 aromatic carbocycles. The van der Waals surface area contributed by atoms with Crippen LogP contribution in [0.5, 0.6) is 0 Å². The zero-order chi connectivity index (χ0) is 14.2. The molecule has 102 valence electrons. The summed E-state index contributed by atoms with van der Waals surface area (Å²) in [4.78, 5) is 32.0. The van der Waals surface area contributed by atoms with Crippen LogP contribution in [0.25, 0.3) is 10.8 Å². The molecule has 0 atom stereocenters. The first-order chi connectivity index (χ1) is 9.47. The number of fused-ring (bicyclic) bond motifs is 1. The van der Waals surface area contributed by atoms with Gasteiger partial charge < -0.3 is 0 Å². The number of rotatable bonds is 2. The quantitative estimate of drug-likeness (QED) is 0.632. The summed E-state index contributed by atoms with van der Waals surface area (Å²) in [7, 11) is -5.11. The van der Waals surface area contributed by atoms with Crippen LogP contribution in [-0.4, -0.2) is 14.7 Å². The van der Waals surface area contributed by atoms with Gasteiger partial charge in [-0.25, -0.2) is 0 Å². The minimum atomic E-state index is -5.11. The Labute approximate surface area is 116 Å². The summed E-state index contributed by atoms with van der Waals surface area (Å²) in [5.41, 5.74) is 0. The van der Waals surface area contributed by atoms with Gasteiger partial charge in [-0.3, -0.25) is 0 Å².